The van der Waals surface area contributed by atoms with Crippen molar-refractivity contribution < 1.29 is 14.3 Å². The summed E-state index contributed by atoms with van der Waals surface area (Å²) in [4.78, 5) is 15.7. The number of hydrogen-bond donors (Lipinski definition) is 1. The van der Waals surface area contributed by atoms with Crippen LogP contribution in [0.25, 0.3) is 22.3 Å². The van der Waals surface area contributed by atoms with E-state index >= 15 is 0 Å². The molecule has 1 aliphatic rings. The molecule has 0 radical (unpaired) electrons. The molecular formula is C22H28N4O3S. The zero-order valence-electron chi connectivity index (χ0n) is 17.5. The SMILES string of the molecule is CCCCC(Sc1nnc(-c2c[nH]c3ccccc23)n1CC1CCCO1)C(=O)OC. The van der Waals surface area contributed by atoms with Gasteiger partial charge in [-0.25, -0.2) is 0 Å². The third kappa shape index (κ3) is 4.39. The van der Waals surface area contributed by atoms with Gasteiger partial charge in [0.15, 0.2) is 11.0 Å². The molecule has 2 atom stereocenters. The molecule has 7 nitrogen and oxygen atoms in total. The van der Waals surface area contributed by atoms with Gasteiger partial charge in [0.25, 0.3) is 0 Å². The van der Waals surface area contributed by atoms with Crippen molar-refractivity contribution >= 4 is 28.6 Å². The first kappa shape index (κ1) is 20.9. The Morgan fingerprint density at radius 2 is 2.27 bits per heavy atom. The summed E-state index contributed by atoms with van der Waals surface area (Å²) < 4.78 is 13.0. The molecule has 0 spiro atoms. The molecule has 0 bridgehead atoms. The second-order valence-electron chi connectivity index (χ2n) is 7.57. The maximum atomic E-state index is 12.4. The summed E-state index contributed by atoms with van der Waals surface area (Å²) in [5.74, 6) is 0.582. The minimum atomic E-state index is -0.293. The van der Waals surface area contributed by atoms with Gasteiger partial charge in [-0.15, -0.1) is 10.2 Å². The molecule has 1 aliphatic heterocycles. The molecule has 2 unspecified atom stereocenters. The quantitative estimate of drug-likeness (QED) is 0.401. The third-order valence-corrected chi connectivity index (χ3v) is 6.71. The fraction of sp³-hybridized carbons (Fsp3) is 0.500. The molecule has 1 fully saturated rings. The topological polar surface area (TPSA) is 82.0 Å². The van der Waals surface area contributed by atoms with Crippen molar-refractivity contribution in [1.82, 2.24) is 19.7 Å². The molecule has 0 aliphatic carbocycles. The van der Waals surface area contributed by atoms with Crippen LogP contribution in [0.4, 0.5) is 0 Å². The number of esters is 1. The van der Waals surface area contributed by atoms with Crippen LogP contribution in [0.3, 0.4) is 0 Å². The highest BCUT2D eigenvalue weighted by molar-refractivity contribution is 8.00. The van der Waals surface area contributed by atoms with E-state index in [0.29, 0.717) is 6.54 Å². The fourth-order valence-corrected chi connectivity index (χ4v) is 4.97. The van der Waals surface area contributed by atoms with Crippen LogP contribution in [-0.2, 0) is 20.8 Å². The Morgan fingerprint density at radius 3 is 3.03 bits per heavy atom. The molecule has 1 N–H and O–H groups in total. The minimum absolute atomic E-state index is 0.136. The highest BCUT2D eigenvalue weighted by atomic mass is 32.2. The van der Waals surface area contributed by atoms with Gasteiger partial charge in [0.05, 0.1) is 19.8 Å². The van der Waals surface area contributed by atoms with Crippen LogP contribution in [0.5, 0.6) is 0 Å². The monoisotopic (exact) mass is 428 g/mol. The number of ether oxygens (including phenoxy) is 2. The van der Waals surface area contributed by atoms with E-state index in [0.717, 1.165) is 66.2 Å². The number of carbonyl (C=O) groups is 1. The second kappa shape index (κ2) is 9.66. The molecule has 160 valence electrons. The lowest BCUT2D eigenvalue weighted by Gasteiger charge is -2.17. The third-order valence-electron chi connectivity index (χ3n) is 5.49. The molecule has 3 heterocycles. The summed E-state index contributed by atoms with van der Waals surface area (Å²) in [6, 6.07) is 8.16. The molecule has 3 aromatic rings. The molecule has 4 rings (SSSR count). The van der Waals surface area contributed by atoms with Crippen molar-refractivity contribution in [2.24, 2.45) is 0 Å². The number of hydrogen-bond acceptors (Lipinski definition) is 6. The van der Waals surface area contributed by atoms with Crippen LogP contribution in [-0.4, -0.2) is 50.8 Å². The Labute approximate surface area is 180 Å². The number of benzene rings is 1. The van der Waals surface area contributed by atoms with Crippen molar-refractivity contribution in [3.8, 4) is 11.4 Å². The predicted molar refractivity (Wildman–Crippen MR) is 117 cm³/mol. The lowest BCUT2D eigenvalue weighted by atomic mass is 10.1. The Morgan fingerprint density at radius 1 is 1.40 bits per heavy atom. The van der Waals surface area contributed by atoms with Gasteiger partial charge in [0, 0.05) is 29.3 Å². The number of H-pyrrole nitrogens is 1. The fourth-order valence-electron chi connectivity index (χ4n) is 3.86. The van der Waals surface area contributed by atoms with Gasteiger partial charge in [0.2, 0.25) is 0 Å². The highest BCUT2D eigenvalue weighted by Crippen LogP contribution is 2.33. The van der Waals surface area contributed by atoms with Crippen molar-refractivity contribution in [1.29, 1.82) is 0 Å². The van der Waals surface area contributed by atoms with Crippen LogP contribution in [0.1, 0.15) is 39.0 Å². The van der Waals surface area contributed by atoms with E-state index in [1.807, 2.05) is 24.4 Å². The molecule has 1 aromatic carbocycles. The van der Waals surface area contributed by atoms with Gasteiger partial charge >= 0.3 is 5.97 Å². The van der Waals surface area contributed by atoms with Crippen molar-refractivity contribution in [2.75, 3.05) is 13.7 Å². The predicted octanol–water partition coefficient (Wildman–Crippen LogP) is 4.43. The summed E-state index contributed by atoms with van der Waals surface area (Å²) >= 11 is 1.44. The lowest BCUT2D eigenvalue weighted by molar-refractivity contribution is -0.140. The van der Waals surface area contributed by atoms with Crippen LogP contribution >= 0.6 is 11.8 Å². The van der Waals surface area contributed by atoms with Crippen molar-refractivity contribution in [2.45, 2.75) is 62.1 Å². The van der Waals surface area contributed by atoms with Gasteiger partial charge in [-0.1, -0.05) is 49.7 Å². The second-order valence-corrected chi connectivity index (χ2v) is 8.74. The number of unbranched alkanes of at least 4 members (excludes halogenated alkanes) is 1. The van der Waals surface area contributed by atoms with Gasteiger partial charge in [-0.3, -0.25) is 9.36 Å². The van der Waals surface area contributed by atoms with E-state index in [9.17, 15) is 4.79 Å². The number of methoxy groups -OCH3 is 1. The molecule has 8 heteroatoms. The van der Waals surface area contributed by atoms with Crippen LogP contribution in [0.15, 0.2) is 35.6 Å². The Balaban J connectivity index is 1.70. The summed E-state index contributed by atoms with van der Waals surface area (Å²) in [7, 11) is 1.44. The van der Waals surface area contributed by atoms with Gasteiger partial charge < -0.3 is 14.5 Å². The van der Waals surface area contributed by atoms with Crippen LogP contribution in [0.2, 0.25) is 0 Å². The van der Waals surface area contributed by atoms with E-state index in [4.69, 9.17) is 9.47 Å². The zero-order valence-corrected chi connectivity index (χ0v) is 18.3. The highest BCUT2D eigenvalue weighted by Gasteiger charge is 2.27. The van der Waals surface area contributed by atoms with Gasteiger partial charge in [-0.05, 0) is 25.3 Å². The van der Waals surface area contributed by atoms with Gasteiger partial charge in [-0.2, -0.15) is 0 Å². The summed E-state index contributed by atoms with van der Waals surface area (Å²) in [6.45, 7) is 3.58. The number of aromatic amines is 1. The smallest absolute Gasteiger partial charge is 0.319 e. The standard InChI is InChI=1S/C22H28N4O3S/c1-3-4-11-19(21(27)28-2)30-22-25-24-20(26(22)14-15-8-7-12-29-15)17-13-23-18-10-6-5-9-16(17)18/h5-6,9-10,13,15,19,23H,3-4,7-8,11-12,14H2,1-2H3. The maximum Gasteiger partial charge on any atom is 0.319 e. The number of nitrogens with zero attached hydrogens (tertiary/aromatic N) is 3. The first-order valence-corrected chi connectivity index (χ1v) is 11.4. The Kier molecular flexibility index (Phi) is 6.74. The molecule has 30 heavy (non-hydrogen) atoms. The van der Waals surface area contributed by atoms with Gasteiger partial charge in [0.1, 0.15) is 5.25 Å². The van der Waals surface area contributed by atoms with E-state index < -0.39 is 0 Å². The molecule has 1 saturated heterocycles. The average Bonchev–Trinajstić information content (AvgIpc) is 3.51. The molecular weight excluding hydrogens is 400 g/mol. The number of carbonyl (C=O) groups excluding carboxylic acids is 1. The minimum Gasteiger partial charge on any atom is -0.468 e. The number of thioether (sulfide) groups is 1. The first-order valence-electron chi connectivity index (χ1n) is 10.6. The van der Waals surface area contributed by atoms with E-state index in [2.05, 4.69) is 32.7 Å². The summed E-state index contributed by atoms with van der Waals surface area (Å²) in [6.07, 6.45) is 6.94. The molecule has 0 amide bonds. The van der Waals surface area contributed by atoms with E-state index in [1.54, 1.807) is 0 Å². The average molecular weight is 429 g/mol. The zero-order chi connectivity index (χ0) is 20.9. The van der Waals surface area contributed by atoms with E-state index in [-0.39, 0.29) is 17.3 Å². The molecule has 2 aromatic heterocycles. The number of aromatic nitrogens is 4. The Hall–Kier alpha value is -2.32. The summed E-state index contributed by atoms with van der Waals surface area (Å²) in [5.41, 5.74) is 2.06. The lowest BCUT2D eigenvalue weighted by Crippen LogP contribution is -2.21. The first-order chi connectivity index (χ1) is 14.7. The number of rotatable bonds is 9. The van der Waals surface area contributed by atoms with E-state index in [1.165, 1.54) is 18.9 Å². The number of nitrogens with one attached hydrogen (secondary N) is 1. The summed E-state index contributed by atoms with van der Waals surface area (Å²) in [5, 5.41) is 10.6. The maximum absolute atomic E-state index is 12.4. The van der Waals surface area contributed by atoms with Crippen LogP contribution < -0.4 is 0 Å². The molecule has 0 saturated carbocycles. The van der Waals surface area contributed by atoms with Crippen LogP contribution in [0, 0.1) is 0 Å². The largest absolute Gasteiger partial charge is 0.468 e. The Bertz CT molecular complexity index is 993. The number of fused-ring (bicyclic) bond motifs is 1. The normalized spacial score (nSPS) is 17.5. The van der Waals surface area contributed by atoms with Crippen molar-refractivity contribution in [3.63, 3.8) is 0 Å². The number of para-hydroxylation sites is 1. The van der Waals surface area contributed by atoms with Crippen molar-refractivity contribution in [3.05, 3.63) is 30.5 Å².